The Morgan fingerprint density at radius 3 is 2.00 bits per heavy atom. The zero-order valence-electron chi connectivity index (χ0n) is 20.8. The van der Waals surface area contributed by atoms with E-state index in [1.165, 1.54) is 13.0 Å². The molecule has 192 valence electrons. The minimum absolute atomic E-state index is 0.0283. The SMILES string of the molecule is Cc1ccccc1NC(=O)C1C(=O)CC(C)(O)C(C(=O)Nc2ccccc2C)C1c1ccc(O)c(Br)c1. The highest BCUT2D eigenvalue weighted by Crippen LogP contribution is 2.47. The van der Waals surface area contributed by atoms with E-state index in [9.17, 15) is 24.6 Å². The summed E-state index contributed by atoms with van der Waals surface area (Å²) in [6.07, 6.45) is -0.361. The molecule has 2 amide bonds. The Kier molecular flexibility index (Phi) is 7.52. The van der Waals surface area contributed by atoms with Crippen LogP contribution in [0.1, 0.15) is 36.0 Å². The van der Waals surface area contributed by atoms with E-state index in [2.05, 4.69) is 26.6 Å². The van der Waals surface area contributed by atoms with Gasteiger partial charge in [0, 0.05) is 23.7 Å². The molecule has 3 aromatic carbocycles. The van der Waals surface area contributed by atoms with Crippen LogP contribution in [-0.4, -0.2) is 33.4 Å². The maximum Gasteiger partial charge on any atom is 0.235 e. The monoisotopic (exact) mass is 564 g/mol. The Morgan fingerprint density at radius 1 is 0.919 bits per heavy atom. The standard InChI is InChI=1S/C29H29BrN2O5/c1-16-8-4-6-10-20(16)31-27(35)25-23(34)15-29(3,37)26(24(25)18-12-13-22(33)19(30)14-18)28(36)32-21-11-7-5-9-17(21)2/h4-14,24-26,33,37H,15H2,1-3H3,(H,31,35)(H,32,36). The highest BCUT2D eigenvalue weighted by molar-refractivity contribution is 9.10. The number of Topliss-reactive ketones (excluding diaryl/α,β-unsaturated/α-hetero) is 1. The van der Waals surface area contributed by atoms with Gasteiger partial charge < -0.3 is 20.8 Å². The maximum atomic E-state index is 13.8. The molecule has 0 saturated heterocycles. The number of rotatable bonds is 5. The molecular weight excluding hydrogens is 536 g/mol. The minimum Gasteiger partial charge on any atom is -0.507 e. The number of hydrogen-bond donors (Lipinski definition) is 4. The fourth-order valence-corrected chi connectivity index (χ4v) is 5.47. The lowest BCUT2D eigenvalue weighted by Crippen LogP contribution is -2.56. The normalized spacial score (nSPS) is 23.4. The van der Waals surface area contributed by atoms with Crippen molar-refractivity contribution in [3.63, 3.8) is 0 Å². The fourth-order valence-electron chi connectivity index (χ4n) is 5.07. The van der Waals surface area contributed by atoms with Crippen LogP contribution in [0.25, 0.3) is 0 Å². The van der Waals surface area contributed by atoms with Gasteiger partial charge in [-0.15, -0.1) is 0 Å². The first-order valence-corrected chi connectivity index (χ1v) is 12.8. The Hall–Kier alpha value is -3.49. The number of aliphatic hydroxyl groups is 1. The molecule has 4 rings (SSSR count). The smallest absolute Gasteiger partial charge is 0.235 e. The molecule has 4 N–H and O–H groups in total. The molecule has 0 aromatic heterocycles. The number of ketones is 1. The Labute approximate surface area is 224 Å². The number of phenols is 1. The van der Waals surface area contributed by atoms with E-state index in [-0.39, 0.29) is 12.2 Å². The van der Waals surface area contributed by atoms with Crippen molar-refractivity contribution in [3.8, 4) is 5.75 Å². The molecule has 3 aromatic rings. The zero-order valence-corrected chi connectivity index (χ0v) is 22.4. The molecule has 37 heavy (non-hydrogen) atoms. The van der Waals surface area contributed by atoms with Gasteiger partial charge in [0.15, 0.2) is 0 Å². The van der Waals surface area contributed by atoms with E-state index in [4.69, 9.17) is 0 Å². The Morgan fingerprint density at radius 2 is 1.46 bits per heavy atom. The molecule has 0 heterocycles. The van der Waals surface area contributed by atoms with Crippen LogP contribution in [0.3, 0.4) is 0 Å². The van der Waals surface area contributed by atoms with Crippen molar-refractivity contribution in [3.05, 3.63) is 87.9 Å². The molecule has 0 spiro atoms. The van der Waals surface area contributed by atoms with Crippen LogP contribution >= 0.6 is 15.9 Å². The number of aromatic hydroxyl groups is 1. The second-order valence-corrected chi connectivity index (χ2v) is 10.7. The number of aryl methyl sites for hydroxylation is 2. The minimum atomic E-state index is -1.72. The molecule has 8 heteroatoms. The summed E-state index contributed by atoms with van der Waals surface area (Å²) in [6, 6.07) is 19.0. The number of carbonyl (C=O) groups is 3. The van der Waals surface area contributed by atoms with Crippen molar-refractivity contribution in [2.75, 3.05) is 10.6 Å². The molecule has 0 bridgehead atoms. The van der Waals surface area contributed by atoms with Crippen LogP contribution in [-0.2, 0) is 14.4 Å². The summed E-state index contributed by atoms with van der Waals surface area (Å²) < 4.78 is 0.346. The van der Waals surface area contributed by atoms with Gasteiger partial charge in [-0.1, -0.05) is 42.5 Å². The third-order valence-corrected chi connectivity index (χ3v) is 7.63. The number of phenolic OH excluding ortho intramolecular Hbond substituents is 1. The number of anilines is 2. The van der Waals surface area contributed by atoms with Gasteiger partial charge >= 0.3 is 0 Å². The largest absolute Gasteiger partial charge is 0.507 e. The van der Waals surface area contributed by atoms with Gasteiger partial charge in [-0.3, -0.25) is 14.4 Å². The molecule has 1 aliphatic carbocycles. The van der Waals surface area contributed by atoms with Crippen molar-refractivity contribution in [2.45, 2.75) is 38.7 Å². The summed E-state index contributed by atoms with van der Waals surface area (Å²) in [6.45, 7) is 5.15. The molecule has 0 aliphatic heterocycles. The van der Waals surface area contributed by atoms with E-state index in [0.717, 1.165) is 11.1 Å². The molecular formula is C29H29BrN2O5. The van der Waals surface area contributed by atoms with Gasteiger partial charge in [0.25, 0.3) is 0 Å². The number of amides is 2. The highest BCUT2D eigenvalue weighted by atomic mass is 79.9. The van der Waals surface area contributed by atoms with E-state index in [0.29, 0.717) is 21.4 Å². The predicted molar refractivity (Wildman–Crippen MR) is 145 cm³/mol. The van der Waals surface area contributed by atoms with Crippen molar-refractivity contribution < 1.29 is 24.6 Å². The quantitative estimate of drug-likeness (QED) is 0.322. The summed E-state index contributed by atoms with van der Waals surface area (Å²) in [7, 11) is 0. The topological polar surface area (TPSA) is 116 Å². The van der Waals surface area contributed by atoms with Crippen LogP contribution in [0.5, 0.6) is 5.75 Å². The zero-order chi connectivity index (χ0) is 26.9. The van der Waals surface area contributed by atoms with E-state index < -0.39 is 41.0 Å². The second kappa shape index (κ2) is 10.5. The van der Waals surface area contributed by atoms with Crippen molar-refractivity contribution in [1.82, 2.24) is 0 Å². The first-order valence-electron chi connectivity index (χ1n) is 12.0. The lowest BCUT2D eigenvalue weighted by atomic mass is 9.61. The second-order valence-electron chi connectivity index (χ2n) is 9.80. The third-order valence-electron chi connectivity index (χ3n) is 6.99. The fraction of sp³-hybridized carbons (Fsp3) is 0.276. The highest BCUT2D eigenvalue weighted by Gasteiger charge is 2.56. The Balaban J connectivity index is 1.81. The van der Waals surface area contributed by atoms with Crippen LogP contribution in [0, 0.1) is 25.7 Å². The van der Waals surface area contributed by atoms with Gasteiger partial charge in [-0.05, 0) is 77.7 Å². The Bertz CT molecular complexity index is 1370. The summed E-state index contributed by atoms with van der Waals surface area (Å²) in [5.74, 6) is -4.95. The molecule has 1 aliphatic rings. The van der Waals surface area contributed by atoms with Crippen molar-refractivity contribution in [2.24, 2.45) is 11.8 Å². The first-order chi connectivity index (χ1) is 17.5. The number of hydrogen-bond acceptors (Lipinski definition) is 5. The maximum absolute atomic E-state index is 13.8. The predicted octanol–water partition coefficient (Wildman–Crippen LogP) is 5.09. The number of carbonyl (C=O) groups excluding carboxylic acids is 3. The van der Waals surface area contributed by atoms with Gasteiger partial charge in [0.1, 0.15) is 17.5 Å². The average molecular weight is 565 g/mol. The summed E-state index contributed by atoms with van der Waals surface area (Å²) in [5, 5.41) is 27.3. The van der Waals surface area contributed by atoms with Crippen LogP contribution in [0.4, 0.5) is 11.4 Å². The average Bonchev–Trinajstić information content (AvgIpc) is 2.82. The number of halogens is 1. The van der Waals surface area contributed by atoms with E-state index in [1.807, 2.05) is 38.1 Å². The number of nitrogens with one attached hydrogen (secondary N) is 2. The van der Waals surface area contributed by atoms with E-state index >= 15 is 0 Å². The van der Waals surface area contributed by atoms with Crippen molar-refractivity contribution in [1.29, 1.82) is 0 Å². The molecule has 1 saturated carbocycles. The molecule has 7 nitrogen and oxygen atoms in total. The van der Waals surface area contributed by atoms with E-state index in [1.54, 1.807) is 36.4 Å². The van der Waals surface area contributed by atoms with Crippen molar-refractivity contribution >= 4 is 44.9 Å². The van der Waals surface area contributed by atoms with Crippen LogP contribution in [0.2, 0.25) is 0 Å². The number of benzene rings is 3. The molecule has 0 radical (unpaired) electrons. The third kappa shape index (κ3) is 5.45. The molecule has 4 atom stereocenters. The summed E-state index contributed by atoms with van der Waals surface area (Å²) >= 11 is 3.30. The molecule has 1 fully saturated rings. The molecule has 4 unspecified atom stereocenters. The summed E-state index contributed by atoms with van der Waals surface area (Å²) in [5.41, 5.74) is 1.53. The van der Waals surface area contributed by atoms with Gasteiger partial charge in [-0.2, -0.15) is 0 Å². The number of para-hydroxylation sites is 2. The van der Waals surface area contributed by atoms with Crippen LogP contribution < -0.4 is 10.6 Å². The summed E-state index contributed by atoms with van der Waals surface area (Å²) in [4.78, 5) is 40.9. The van der Waals surface area contributed by atoms with Gasteiger partial charge in [0.2, 0.25) is 11.8 Å². The van der Waals surface area contributed by atoms with Gasteiger partial charge in [0.05, 0.1) is 16.0 Å². The lowest BCUT2D eigenvalue weighted by Gasteiger charge is -2.44. The van der Waals surface area contributed by atoms with Gasteiger partial charge in [-0.25, -0.2) is 0 Å². The first kappa shape index (κ1) is 26.6. The lowest BCUT2D eigenvalue weighted by molar-refractivity contribution is -0.150. The van der Waals surface area contributed by atoms with Crippen LogP contribution in [0.15, 0.2) is 71.2 Å².